The number of hydrogen-bond donors (Lipinski definition) is 10. The van der Waals surface area contributed by atoms with Gasteiger partial charge in [-0.05, 0) is 36.8 Å². The molecule has 2 rings (SSSR count). The maximum Gasteiger partial charge on any atom is 0.490 e. The van der Waals surface area contributed by atoms with Crippen LogP contribution >= 0.6 is 0 Å². The van der Waals surface area contributed by atoms with Crippen molar-refractivity contribution in [2.45, 2.75) is 70.3 Å². The van der Waals surface area contributed by atoms with Crippen molar-refractivity contribution in [1.29, 1.82) is 10.8 Å². The van der Waals surface area contributed by atoms with Crippen LogP contribution in [0.1, 0.15) is 55.7 Å². The molecule has 0 aromatic heterocycles. The monoisotopic (exact) mass is 708 g/mol. The van der Waals surface area contributed by atoms with Crippen molar-refractivity contribution in [3.05, 3.63) is 71.3 Å². The van der Waals surface area contributed by atoms with Crippen LogP contribution in [0.5, 0.6) is 0 Å². The molecule has 18 heteroatoms. The van der Waals surface area contributed by atoms with Gasteiger partial charge < -0.3 is 42.9 Å². The first-order valence-electron chi connectivity index (χ1n) is 15.4. The number of nitrogens with one attached hydrogen (secondary N) is 6. The van der Waals surface area contributed by atoms with Gasteiger partial charge in [0, 0.05) is 18.7 Å². The Morgan fingerprint density at radius 3 is 1.84 bits per heavy atom. The van der Waals surface area contributed by atoms with E-state index in [9.17, 15) is 37.5 Å². The fourth-order valence-corrected chi connectivity index (χ4v) is 4.28. The zero-order valence-corrected chi connectivity index (χ0v) is 27.3. The third-order valence-corrected chi connectivity index (χ3v) is 6.97. The molecule has 1 unspecified atom stereocenters. The largest absolute Gasteiger partial charge is 0.490 e. The lowest BCUT2D eigenvalue weighted by Crippen LogP contribution is -2.54. The summed E-state index contributed by atoms with van der Waals surface area (Å²) >= 11 is 0. The summed E-state index contributed by atoms with van der Waals surface area (Å²) in [4.78, 5) is 60.8. The Morgan fingerprint density at radius 1 is 0.780 bits per heavy atom. The van der Waals surface area contributed by atoms with Crippen LogP contribution in [-0.4, -0.2) is 76.5 Å². The number of hydrogen-bond acceptors (Lipinski definition) is 7. The number of nitrogens with two attached hydrogens (primary N) is 2. The lowest BCUT2D eigenvalue weighted by Gasteiger charge is -2.24. The van der Waals surface area contributed by atoms with Crippen molar-refractivity contribution in [3.8, 4) is 0 Å². The number of carbonyl (C=O) groups is 5. The van der Waals surface area contributed by atoms with Crippen molar-refractivity contribution in [2.75, 3.05) is 6.54 Å². The molecule has 0 bridgehead atoms. The number of alkyl halides is 3. The molecule has 0 saturated heterocycles. The van der Waals surface area contributed by atoms with E-state index in [4.69, 9.17) is 32.2 Å². The van der Waals surface area contributed by atoms with Gasteiger partial charge in [0.1, 0.15) is 23.8 Å². The molecule has 2 aromatic carbocycles. The number of guanidine groups is 1. The van der Waals surface area contributed by atoms with E-state index in [-0.39, 0.29) is 44.1 Å². The van der Waals surface area contributed by atoms with Gasteiger partial charge in [0.05, 0.1) is 0 Å². The fourth-order valence-electron chi connectivity index (χ4n) is 4.28. The summed E-state index contributed by atoms with van der Waals surface area (Å²) in [6.45, 7) is 2.38. The van der Waals surface area contributed by atoms with Gasteiger partial charge in [0.25, 0.3) is 0 Å². The minimum Gasteiger partial charge on any atom is -0.480 e. The van der Waals surface area contributed by atoms with Gasteiger partial charge in [-0.3, -0.25) is 25.2 Å². The Bertz CT molecular complexity index is 1460. The first-order chi connectivity index (χ1) is 23.5. The summed E-state index contributed by atoms with van der Waals surface area (Å²) in [5.41, 5.74) is 12.8. The maximum atomic E-state index is 13.6. The molecule has 0 aliphatic rings. The second-order valence-electron chi connectivity index (χ2n) is 11.0. The maximum absolute atomic E-state index is 13.6. The summed E-state index contributed by atoms with van der Waals surface area (Å²) in [5.74, 6) is -7.41. The third-order valence-electron chi connectivity index (χ3n) is 6.97. The average Bonchev–Trinajstić information content (AvgIpc) is 3.05. The molecule has 50 heavy (non-hydrogen) atoms. The first kappa shape index (κ1) is 42.3. The fraction of sp³-hybridized carbons (Fsp3) is 0.406. The van der Waals surface area contributed by atoms with Crippen molar-refractivity contribution >= 4 is 41.5 Å². The lowest BCUT2D eigenvalue weighted by atomic mass is 9.95. The normalized spacial score (nSPS) is 12.5. The van der Waals surface area contributed by atoms with Crippen LogP contribution < -0.4 is 32.7 Å². The van der Waals surface area contributed by atoms with Gasteiger partial charge in [-0.2, -0.15) is 13.2 Å². The number of nitrogen functional groups attached to an aromatic ring is 1. The molecule has 3 amide bonds. The molecule has 12 N–H and O–H groups in total. The lowest BCUT2D eigenvalue weighted by molar-refractivity contribution is -0.192. The van der Waals surface area contributed by atoms with Crippen LogP contribution in [0.25, 0.3) is 0 Å². The number of rotatable bonds is 18. The van der Waals surface area contributed by atoms with E-state index >= 15 is 0 Å². The highest BCUT2D eigenvalue weighted by Crippen LogP contribution is 2.15. The van der Waals surface area contributed by atoms with Crippen LogP contribution in [0.3, 0.4) is 0 Å². The van der Waals surface area contributed by atoms with Gasteiger partial charge in [-0.1, -0.05) is 74.4 Å². The number of unbranched alkanes of at least 4 members (excludes halogenated alkanes) is 1. The highest BCUT2D eigenvalue weighted by molar-refractivity contribution is 6.02. The van der Waals surface area contributed by atoms with E-state index < -0.39 is 53.8 Å². The number of amides is 3. The van der Waals surface area contributed by atoms with E-state index in [1.807, 2.05) is 37.3 Å². The van der Waals surface area contributed by atoms with Gasteiger partial charge >= 0.3 is 18.1 Å². The molecule has 0 heterocycles. The summed E-state index contributed by atoms with van der Waals surface area (Å²) in [6, 6.07) is 13.6. The van der Waals surface area contributed by atoms with Gasteiger partial charge in [-0.15, -0.1) is 0 Å². The molecular formula is C32H43F3N8O7. The van der Waals surface area contributed by atoms with Crippen molar-refractivity contribution in [3.63, 3.8) is 0 Å². The highest BCUT2D eigenvalue weighted by atomic mass is 19.4. The number of carboxylic acid groups (broad SMARTS) is 2. The zero-order chi connectivity index (χ0) is 37.9. The van der Waals surface area contributed by atoms with Crippen LogP contribution in [0.15, 0.2) is 54.6 Å². The van der Waals surface area contributed by atoms with E-state index in [2.05, 4.69) is 21.3 Å². The van der Waals surface area contributed by atoms with Gasteiger partial charge in [-0.25, -0.2) is 9.59 Å². The number of carboxylic acids is 2. The van der Waals surface area contributed by atoms with Crippen molar-refractivity contribution in [1.82, 2.24) is 21.3 Å². The molecular weight excluding hydrogens is 665 g/mol. The summed E-state index contributed by atoms with van der Waals surface area (Å²) in [7, 11) is 0. The summed E-state index contributed by atoms with van der Waals surface area (Å²) < 4.78 is 31.7. The van der Waals surface area contributed by atoms with E-state index in [0.717, 1.165) is 12.0 Å². The Morgan fingerprint density at radius 2 is 1.34 bits per heavy atom. The van der Waals surface area contributed by atoms with E-state index in [1.54, 1.807) is 24.3 Å². The van der Waals surface area contributed by atoms with Gasteiger partial charge in [0.15, 0.2) is 5.96 Å². The Kier molecular flexibility index (Phi) is 18.1. The Labute approximate surface area is 286 Å². The topological polar surface area (TPSA) is 274 Å². The molecule has 0 aliphatic carbocycles. The summed E-state index contributed by atoms with van der Waals surface area (Å²) in [6.07, 6.45) is -3.10. The second kappa shape index (κ2) is 21.3. The number of benzene rings is 2. The average molecular weight is 709 g/mol. The summed E-state index contributed by atoms with van der Waals surface area (Å²) in [5, 5.41) is 42.1. The standard InChI is InChI=1S/C30H42N8O5.C2HF3O2/c1-2-3-10-23(28(41)38-24(29(42)43)11-7-16-35-30(33)34)37-27(40)22(17-19-12-14-21(15-13-19)25(31)32)26(39)36-18-20-8-5-4-6-9-20;3-2(4,5)1(6)7/h4-6,8-9,12-15,22-24H,2-3,7,10-11,16-18H2,1H3,(H3,31,32)(H,36,39)(H,37,40)(H,38,41)(H,42,43)(H4,33,34,35);(H,6,7)/t22-,23-,24?;/m0./s1. The van der Waals surface area contributed by atoms with Crippen molar-refractivity contribution < 1.29 is 47.4 Å². The van der Waals surface area contributed by atoms with Crippen LogP contribution in [0.4, 0.5) is 13.2 Å². The number of carbonyl (C=O) groups excluding carboxylic acids is 3. The predicted octanol–water partition coefficient (Wildman–Crippen LogP) is 1.59. The molecule has 274 valence electrons. The zero-order valence-electron chi connectivity index (χ0n) is 27.3. The minimum atomic E-state index is -5.08. The van der Waals surface area contributed by atoms with Crippen LogP contribution in [0, 0.1) is 16.7 Å². The molecule has 0 saturated carbocycles. The predicted molar refractivity (Wildman–Crippen MR) is 177 cm³/mol. The van der Waals surface area contributed by atoms with Crippen molar-refractivity contribution in [2.24, 2.45) is 17.4 Å². The minimum absolute atomic E-state index is 0.0215. The molecule has 15 nitrogen and oxygen atoms in total. The third kappa shape index (κ3) is 16.4. The molecule has 0 radical (unpaired) electrons. The van der Waals surface area contributed by atoms with Gasteiger partial charge in [0.2, 0.25) is 17.7 Å². The quantitative estimate of drug-likeness (QED) is 0.0462. The molecule has 2 aromatic rings. The second-order valence-corrected chi connectivity index (χ2v) is 11.0. The molecule has 0 aliphatic heterocycles. The SMILES string of the molecule is CCCC[C@H](NC(=O)[C@@H](Cc1ccc(C(=N)N)cc1)C(=O)NCc1ccccc1)C(=O)NC(CCCNC(=N)N)C(=O)O.O=C(O)C(F)(F)F. The number of halogens is 3. The van der Waals surface area contributed by atoms with E-state index in [0.29, 0.717) is 24.0 Å². The van der Waals surface area contributed by atoms with Crippen LogP contribution in [-0.2, 0) is 36.9 Å². The number of amidine groups is 1. The Hall–Kier alpha value is -5.68. The molecule has 0 fully saturated rings. The highest BCUT2D eigenvalue weighted by Gasteiger charge is 2.38. The smallest absolute Gasteiger partial charge is 0.480 e. The van der Waals surface area contributed by atoms with E-state index in [1.165, 1.54) is 0 Å². The Balaban J connectivity index is 0.00000161. The van der Waals surface area contributed by atoms with Crippen LogP contribution in [0.2, 0.25) is 0 Å². The molecule has 3 atom stereocenters. The first-order valence-corrected chi connectivity index (χ1v) is 15.4. The number of aliphatic carboxylic acids is 2. The molecule has 0 spiro atoms.